The van der Waals surface area contributed by atoms with Gasteiger partial charge >= 0.3 is 11.9 Å². The Kier molecular flexibility index (Phi) is 2.38. The van der Waals surface area contributed by atoms with E-state index in [9.17, 15) is 14.0 Å². The number of halogens is 1. The number of carbonyl (C=O) groups is 2. The van der Waals surface area contributed by atoms with Crippen molar-refractivity contribution in [3.63, 3.8) is 0 Å². The third kappa shape index (κ3) is 1.88. The van der Waals surface area contributed by atoms with Crippen molar-refractivity contribution >= 4 is 11.9 Å². The fraction of sp³-hybridized carbons (Fsp3) is 0.273. The molecule has 0 aliphatic carbocycles. The van der Waals surface area contributed by atoms with Gasteiger partial charge in [0.2, 0.25) is 0 Å². The molecule has 0 N–H and O–H groups in total. The average molecular weight is 224 g/mol. The van der Waals surface area contributed by atoms with E-state index >= 15 is 0 Å². The van der Waals surface area contributed by atoms with Crippen LogP contribution in [0.5, 0.6) is 0 Å². The van der Waals surface area contributed by atoms with Gasteiger partial charge in [-0.05, 0) is 12.1 Å². The summed E-state index contributed by atoms with van der Waals surface area (Å²) in [6.07, 6.45) is -0.412. The first-order valence-corrected chi connectivity index (χ1v) is 4.69. The summed E-state index contributed by atoms with van der Waals surface area (Å²) in [5.74, 6) is -3.38. The molecule has 1 aromatic rings. The second-order valence-electron chi connectivity index (χ2n) is 3.58. The number of esters is 2. The zero-order chi connectivity index (χ0) is 11.8. The van der Waals surface area contributed by atoms with E-state index in [1.807, 2.05) is 0 Å². The average Bonchev–Trinajstić information content (AvgIpc) is 2.15. The highest BCUT2D eigenvalue weighted by Gasteiger charge is 2.40. The number of rotatable bonds is 1. The number of ether oxygens (including phenoxy) is 2. The van der Waals surface area contributed by atoms with Gasteiger partial charge in [0.05, 0.1) is 0 Å². The molecule has 1 saturated heterocycles. The van der Waals surface area contributed by atoms with Crippen molar-refractivity contribution < 1.29 is 23.5 Å². The molecule has 0 amide bonds. The molecule has 0 spiro atoms. The van der Waals surface area contributed by atoms with Gasteiger partial charge in [-0.1, -0.05) is 12.1 Å². The molecule has 2 rings (SSSR count). The summed E-state index contributed by atoms with van der Waals surface area (Å²) < 4.78 is 22.9. The van der Waals surface area contributed by atoms with Crippen molar-refractivity contribution in [3.05, 3.63) is 35.6 Å². The molecule has 5 heteroatoms. The van der Waals surface area contributed by atoms with Crippen LogP contribution in [0.25, 0.3) is 0 Å². The van der Waals surface area contributed by atoms with Gasteiger partial charge in [-0.3, -0.25) is 9.59 Å². The van der Waals surface area contributed by atoms with E-state index in [1.165, 1.54) is 25.1 Å². The molecular weight excluding hydrogens is 215 g/mol. The molecule has 1 aliphatic heterocycles. The van der Waals surface area contributed by atoms with Crippen molar-refractivity contribution in [1.29, 1.82) is 0 Å². The molecule has 1 heterocycles. The predicted octanol–water partition coefficient (Wildman–Crippen LogP) is 1.49. The predicted molar refractivity (Wildman–Crippen MR) is 50.6 cm³/mol. The van der Waals surface area contributed by atoms with Crippen molar-refractivity contribution in [2.75, 3.05) is 0 Å². The lowest BCUT2D eigenvalue weighted by atomic mass is 10.1. The van der Waals surface area contributed by atoms with Gasteiger partial charge in [0.15, 0.2) is 0 Å². The molecule has 4 nitrogen and oxygen atoms in total. The van der Waals surface area contributed by atoms with Crippen molar-refractivity contribution in [1.82, 2.24) is 0 Å². The van der Waals surface area contributed by atoms with E-state index in [0.29, 0.717) is 0 Å². The van der Waals surface area contributed by atoms with Gasteiger partial charge in [-0.25, -0.2) is 4.39 Å². The molecule has 0 bridgehead atoms. The number of benzene rings is 1. The van der Waals surface area contributed by atoms with Crippen molar-refractivity contribution in [3.8, 4) is 0 Å². The van der Waals surface area contributed by atoms with Crippen LogP contribution in [0.3, 0.4) is 0 Å². The van der Waals surface area contributed by atoms with Crippen LogP contribution in [0.2, 0.25) is 0 Å². The van der Waals surface area contributed by atoms with Crippen LogP contribution in [0.4, 0.5) is 4.39 Å². The van der Waals surface area contributed by atoms with Crippen LogP contribution in [0.1, 0.15) is 18.9 Å². The number of carbonyl (C=O) groups excluding carboxylic acids is 2. The molecular formula is C11H9FO4. The minimum atomic E-state index is -1.53. The Morgan fingerprint density at radius 1 is 1.25 bits per heavy atom. The summed E-state index contributed by atoms with van der Waals surface area (Å²) >= 11 is 0. The fourth-order valence-corrected chi connectivity index (χ4v) is 1.53. The van der Waals surface area contributed by atoms with E-state index in [0.717, 1.165) is 6.07 Å². The smallest absolute Gasteiger partial charge is 0.320 e. The third-order valence-corrected chi connectivity index (χ3v) is 2.25. The van der Waals surface area contributed by atoms with Crippen LogP contribution < -0.4 is 0 Å². The number of cyclic esters (lactones) is 2. The highest BCUT2D eigenvalue weighted by atomic mass is 19.1. The Hall–Kier alpha value is -1.91. The normalized spacial score (nSPS) is 18.9. The topological polar surface area (TPSA) is 52.6 Å². The first-order chi connectivity index (χ1) is 7.49. The van der Waals surface area contributed by atoms with Crippen LogP contribution in [-0.4, -0.2) is 11.9 Å². The van der Waals surface area contributed by atoms with E-state index in [2.05, 4.69) is 0 Å². The van der Waals surface area contributed by atoms with E-state index in [-0.39, 0.29) is 5.56 Å². The van der Waals surface area contributed by atoms with Crippen LogP contribution in [0, 0.1) is 5.82 Å². The highest BCUT2D eigenvalue weighted by Crippen LogP contribution is 2.31. The summed E-state index contributed by atoms with van der Waals surface area (Å²) in [6.45, 7) is 1.40. The first-order valence-electron chi connectivity index (χ1n) is 4.69. The van der Waals surface area contributed by atoms with Crippen LogP contribution in [0.15, 0.2) is 24.3 Å². The molecule has 84 valence electrons. The lowest BCUT2D eigenvalue weighted by Crippen LogP contribution is -2.40. The largest absolute Gasteiger partial charge is 0.418 e. The Morgan fingerprint density at radius 3 is 2.44 bits per heavy atom. The number of hydrogen-bond acceptors (Lipinski definition) is 4. The molecule has 0 unspecified atom stereocenters. The molecule has 0 atom stereocenters. The van der Waals surface area contributed by atoms with Gasteiger partial charge in [0.25, 0.3) is 5.79 Å². The fourth-order valence-electron chi connectivity index (χ4n) is 1.53. The summed E-state index contributed by atoms with van der Waals surface area (Å²) in [5, 5.41) is 0. The summed E-state index contributed by atoms with van der Waals surface area (Å²) in [4.78, 5) is 22.3. The summed E-state index contributed by atoms with van der Waals surface area (Å²) in [5.41, 5.74) is 0.286. The van der Waals surface area contributed by atoms with E-state index in [1.54, 1.807) is 0 Å². The minimum absolute atomic E-state index is 0.286. The molecule has 0 saturated carbocycles. The van der Waals surface area contributed by atoms with Gasteiger partial charge in [0.1, 0.15) is 12.2 Å². The molecule has 0 radical (unpaired) electrons. The van der Waals surface area contributed by atoms with Gasteiger partial charge < -0.3 is 9.47 Å². The Labute approximate surface area is 91.0 Å². The maximum absolute atomic E-state index is 13.0. The maximum atomic E-state index is 13.0. The Morgan fingerprint density at radius 2 is 1.88 bits per heavy atom. The minimum Gasteiger partial charge on any atom is -0.418 e. The molecule has 16 heavy (non-hydrogen) atoms. The lowest BCUT2D eigenvalue weighted by molar-refractivity contribution is -0.242. The van der Waals surface area contributed by atoms with Crippen LogP contribution >= 0.6 is 0 Å². The second kappa shape index (κ2) is 3.59. The zero-order valence-corrected chi connectivity index (χ0v) is 8.53. The quantitative estimate of drug-likeness (QED) is 0.535. The zero-order valence-electron chi connectivity index (χ0n) is 8.53. The highest BCUT2D eigenvalue weighted by molar-refractivity contribution is 5.93. The standard InChI is InChI=1S/C11H9FO4/c1-11(7-3-2-4-8(12)5-7)15-9(13)6-10(14)16-11/h2-5H,6H2,1H3. The van der Waals surface area contributed by atoms with Crippen LogP contribution in [-0.2, 0) is 24.8 Å². The monoisotopic (exact) mass is 224 g/mol. The van der Waals surface area contributed by atoms with Gasteiger partial charge in [0, 0.05) is 12.5 Å². The lowest BCUT2D eigenvalue weighted by Gasteiger charge is -2.32. The maximum Gasteiger partial charge on any atom is 0.320 e. The molecule has 1 aliphatic rings. The van der Waals surface area contributed by atoms with Crippen molar-refractivity contribution in [2.45, 2.75) is 19.1 Å². The second-order valence-corrected chi connectivity index (χ2v) is 3.58. The first kappa shape index (κ1) is 10.6. The van der Waals surface area contributed by atoms with Gasteiger partial charge in [-0.15, -0.1) is 0 Å². The summed E-state index contributed by atoms with van der Waals surface area (Å²) in [6, 6.07) is 5.38. The van der Waals surface area contributed by atoms with E-state index in [4.69, 9.17) is 9.47 Å². The van der Waals surface area contributed by atoms with Gasteiger partial charge in [-0.2, -0.15) is 0 Å². The van der Waals surface area contributed by atoms with E-state index < -0.39 is 30.0 Å². The Balaban J connectivity index is 2.37. The molecule has 1 aromatic carbocycles. The third-order valence-electron chi connectivity index (χ3n) is 2.25. The summed E-state index contributed by atoms with van der Waals surface area (Å²) in [7, 11) is 0. The SMILES string of the molecule is CC1(c2cccc(F)c2)OC(=O)CC(=O)O1. The number of hydrogen-bond donors (Lipinski definition) is 0. The molecule has 1 fully saturated rings. The Bertz CT molecular complexity index is 439. The van der Waals surface area contributed by atoms with Crippen molar-refractivity contribution in [2.24, 2.45) is 0 Å². The molecule has 0 aromatic heterocycles.